The van der Waals surface area contributed by atoms with Crippen molar-refractivity contribution in [1.82, 2.24) is 15.0 Å². The molecule has 0 fully saturated rings. The number of nitrogens with zero attached hydrogens (tertiary/aromatic N) is 2. The number of anilines is 1. The number of aromatic amines is 1. The fraction of sp³-hybridized carbons (Fsp3) is 0.0526. The van der Waals surface area contributed by atoms with Gasteiger partial charge in [0.15, 0.2) is 0 Å². The summed E-state index contributed by atoms with van der Waals surface area (Å²) in [7, 11) is 0. The molecule has 0 bridgehead atoms. The van der Waals surface area contributed by atoms with E-state index in [9.17, 15) is 5.11 Å². The van der Waals surface area contributed by atoms with Crippen molar-refractivity contribution in [3.05, 3.63) is 71.5 Å². The molecule has 0 unspecified atom stereocenters. The molecule has 0 saturated heterocycles. The van der Waals surface area contributed by atoms with Gasteiger partial charge in [-0.15, -0.1) is 0 Å². The number of hydrogen-bond acceptors (Lipinski definition) is 4. The van der Waals surface area contributed by atoms with Gasteiger partial charge in [-0.3, -0.25) is 0 Å². The molecule has 0 radical (unpaired) electrons. The average Bonchev–Trinajstić information content (AvgIpc) is 3.06. The van der Waals surface area contributed by atoms with Gasteiger partial charge in [0.1, 0.15) is 23.5 Å². The Bertz CT molecular complexity index is 1030. The zero-order valence-electron chi connectivity index (χ0n) is 13.2. The number of H-pyrrole nitrogens is 1. The minimum Gasteiger partial charge on any atom is -0.508 e. The van der Waals surface area contributed by atoms with E-state index in [0.29, 0.717) is 6.54 Å². The number of aromatic nitrogens is 3. The summed E-state index contributed by atoms with van der Waals surface area (Å²) >= 11 is 6.21. The highest BCUT2D eigenvalue weighted by molar-refractivity contribution is 6.31. The molecule has 0 atom stereocenters. The number of rotatable bonds is 4. The summed E-state index contributed by atoms with van der Waals surface area (Å²) in [4.78, 5) is 11.9. The molecule has 4 rings (SSSR count). The Balaban J connectivity index is 1.66. The van der Waals surface area contributed by atoms with Crippen molar-refractivity contribution >= 4 is 28.5 Å². The monoisotopic (exact) mass is 350 g/mol. The fourth-order valence-electron chi connectivity index (χ4n) is 2.70. The van der Waals surface area contributed by atoms with Crippen LogP contribution in [0.1, 0.15) is 5.56 Å². The Morgan fingerprint density at radius 2 is 1.84 bits per heavy atom. The number of halogens is 1. The molecule has 2 aromatic heterocycles. The fourth-order valence-corrected chi connectivity index (χ4v) is 2.90. The van der Waals surface area contributed by atoms with Crippen molar-refractivity contribution in [3.63, 3.8) is 0 Å². The Hall–Kier alpha value is -3.05. The Morgan fingerprint density at radius 3 is 2.64 bits per heavy atom. The largest absolute Gasteiger partial charge is 0.508 e. The van der Waals surface area contributed by atoms with Crippen molar-refractivity contribution in [2.24, 2.45) is 0 Å². The van der Waals surface area contributed by atoms with Gasteiger partial charge in [-0.05, 0) is 47.5 Å². The van der Waals surface area contributed by atoms with Crippen molar-refractivity contribution in [3.8, 4) is 17.0 Å². The average molecular weight is 351 g/mol. The van der Waals surface area contributed by atoms with Crippen LogP contribution in [0.15, 0.2) is 60.9 Å². The third-order valence-electron chi connectivity index (χ3n) is 4.01. The van der Waals surface area contributed by atoms with E-state index in [0.717, 1.165) is 38.7 Å². The smallest absolute Gasteiger partial charge is 0.143 e. The lowest BCUT2D eigenvalue weighted by atomic mass is 10.1. The lowest BCUT2D eigenvalue weighted by Crippen LogP contribution is -2.02. The lowest BCUT2D eigenvalue weighted by Gasteiger charge is -2.07. The Morgan fingerprint density at radius 1 is 1.04 bits per heavy atom. The predicted molar refractivity (Wildman–Crippen MR) is 99.8 cm³/mol. The summed E-state index contributed by atoms with van der Waals surface area (Å²) in [5.74, 6) is 0.980. The third kappa shape index (κ3) is 3.14. The van der Waals surface area contributed by atoms with Gasteiger partial charge in [0, 0.05) is 17.3 Å². The van der Waals surface area contributed by atoms with Crippen LogP contribution in [0.5, 0.6) is 5.75 Å². The molecule has 0 spiro atoms. The van der Waals surface area contributed by atoms with Gasteiger partial charge in [-0.1, -0.05) is 29.8 Å². The van der Waals surface area contributed by atoms with Crippen molar-refractivity contribution in [1.29, 1.82) is 0 Å². The van der Waals surface area contributed by atoms with Gasteiger partial charge in [0.05, 0.1) is 5.39 Å². The van der Waals surface area contributed by atoms with E-state index in [-0.39, 0.29) is 5.75 Å². The number of aromatic hydroxyl groups is 1. The highest BCUT2D eigenvalue weighted by atomic mass is 35.5. The second kappa shape index (κ2) is 6.45. The van der Waals surface area contributed by atoms with Crippen LogP contribution in [0.25, 0.3) is 22.3 Å². The van der Waals surface area contributed by atoms with Crippen LogP contribution in [0.2, 0.25) is 5.02 Å². The summed E-state index contributed by atoms with van der Waals surface area (Å²) in [5, 5.41) is 14.4. The molecule has 0 aliphatic carbocycles. The quantitative estimate of drug-likeness (QED) is 0.503. The number of benzene rings is 2. The molecular formula is C19H15ClN4O. The molecular weight excluding hydrogens is 336 g/mol. The lowest BCUT2D eigenvalue weighted by molar-refractivity contribution is 0.475. The van der Waals surface area contributed by atoms with Crippen molar-refractivity contribution in [2.45, 2.75) is 6.54 Å². The van der Waals surface area contributed by atoms with E-state index >= 15 is 0 Å². The first-order valence-electron chi connectivity index (χ1n) is 7.81. The van der Waals surface area contributed by atoms with E-state index in [1.807, 2.05) is 42.5 Å². The van der Waals surface area contributed by atoms with E-state index in [1.165, 1.54) is 6.33 Å². The second-order valence-electron chi connectivity index (χ2n) is 5.66. The van der Waals surface area contributed by atoms with E-state index in [4.69, 9.17) is 11.6 Å². The van der Waals surface area contributed by atoms with Crippen LogP contribution in [0.3, 0.4) is 0 Å². The maximum absolute atomic E-state index is 9.43. The highest BCUT2D eigenvalue weighted by Crippen LogP contribution is 2.28. The van der Waals surface area contributed by atoms with Gasteiger partial charge < -0.3 is 15.4 Å². The molecule has 5 nitrogen and oxygen atoms in total. The van der Waals surface area contributed by atoms with E-state index < -0.39 is 0 Å². The standard InChI is InChI=1S/C19H15ClN4O/c20-16-4-2-1-3-13(16)10-21-18-15-9-17(24-19(15)23-11-22-18)12-5-7-14(25)8-6-12/h1-9,11,25H,10H2,(H2,21,22,23,24). The molecule has 25 heavy (non-hydrogen) atoms. The second-order valence-corrected chi connectivity index (χ2v) is 6.07. The maximum Gasteiger partial charge on any atom is 0.143 e. The topological polar surface area (TPSA) is 73.8 Å². The molecule has 2 aromatic carbocycles. The highest BCUT2D eigenvalue weighted by Gasteiger charge is 2.10. The summed E-state index contributed by atoms with van der Waals surface area (Å²) in [6, 6.07) is 16.7. The van der Waals surface area contributed by atoms with E-state index in [2.05, 4.69) is 20.3 Å². The van der Waals surface area contributed by atoms with Crippen LogP contribution < -0.4 is 5.32 Å². The van der Waals surface area contributed by atoms with Crippen LogP contribution in [-0.2, 0) is 6.54 Å². The first kappa shape index (κ1) is 15.5. The number of hydrogen-bond donors (Lipinski definition) is 3. The Kier molecular flexibility index (Phi) is 3.99. The summed E-state index contributed by atoms with van der Waals surface area (Å²) < 4.78 is 0. The van der Waals surface area contributed by atoms with Gasteiger partial charge in [0.2, 0.25) is 0 Å². The molecule has 0 aliphatic rings. The minimum absolute atomic E-state index is 0.238. The summed E-state index contributed by atoms with van der Waals surface area (Å²) in [5.41, 5.74) is 3.63. The Labute approximate surface area is 149 Å². The number of phenols is 1. The number of nitrogens with one attached hydrogen (secondary N) is 2. The molecule has 2 heterocycles. The molecule has 0 amide bonds. The normalized spacial score (nSPS) is 10.9. The van der Waals surface area contributed by atoms with Crippen LogP contribution in [0, 0.1) is 0 Å². The molecule has 0 saturated carbocycles. The number of phenolic OH excluding ortho intramolecular Hbond substituents is 1. The van der Waals surface area contributed by atoms with Crippen molar-refractivity contribution < 1.29 is 5.11 Å². The molecule has 124 valence electrons. The summed E-state index contributed by atoms with van der Waals surface area (Å²) in [6.45, 7) is 0.575. The van der Waals surface area contributed by atoms with Crippen molar-refractivity contribution in [2.75, 3.05) is 5.32 Å². The van der Waals surface area contributed by atoms with Gasteiger partial charge >= 0.3 is 0 Å². The van der Waals surface area contributed by atoms with Gasteiger partial charge in [-0.2, -0.15) is 0 Å². The predicted octanol–water partition coefficient (Wildman–Crippen LogP) is 4.60. The van der Waals surface area contributed by atoms with E-state index in [1.54, 1.807) is 12.1 Å². The first-order chi connectivity index (χ1) is 12.2. The summed E-state index contributed by atoms with van der Waals surface area (Å²) in [6.07, 6.45) is 1.52. The maximum atomic E-state index is 9.43. The first-order valence-corrected chi connectivity index (χ1v) is 8.19. The zero-order chi connectivity index (χ0) is 17.2. The van der Waals surface area contributed by atoms with Crippen LogP contribution >= 0.6 is 11.6 Å². The van der Waals surface area contributed by atoms with Gasteiger partial charge in [0.25, 0.3) is 0 Å². The third-order valence-corrected chi connectivity index (χ3v) is 4.38. The molecule has 3 N–H and O–H groups in total. The molecule has 0 aliphatic heterocycles. The number of fused-ring (bicyclic) bond motifs is 1. The SMILES string of the molecule is Oc1ccc(-c2cc3c(NCc4ccccc4Cl)ncnc3[nH]2)cc1. The zero-order valence-corrected chi connectivity index (χ0v) is 14.0. The van der Waals surface area contributed by atoms with Gasteiger partial charge in [-0.25, -0.2) is 9.97 Å². The molecule has 6 heteroatoms. The van der Waals surface area contributed by atoms with Crippen LogP contribution in [0.4, 0.5) is 5.82 Å². The van der Waals surface area contributed by atoms with Crippen LogP contribution in [-0.4, -0.2) is 20.1 Å². The minimum atomic E-state index is 0.238. The molecule has 4 aromatic rings.